The molecule has 3 rings (SSSR count). The number of carbonyl (C=O) groups is 1. The van der Waals surface area contributed by atoms with Crippen LogP contribution in [0, 0.1) is 0 Å². The maximum atomic E-state index is 12.2. The Balaban J connectivity index is 1.69. The van der Waals surface area contributed by atoms with E-state index in [1.807, 2.05) is 37.4 Å². The Morgan fingerprint density at radius 1 is 1.28 bits per heavy atom. The zero-order chi connectivity index (χ0) is 18.2. The Morgan fingerprint density at radius 2 is 1.96 bits per heavy atom. The molecule has 0 radical (unpaired) electrons. The summed E-state index contributed by atoms with van der Waals surface area (Å²) in [4.78, 5) is 18.7. The fourth-order valence-electron chi connectivity index (χ4n) is 3.05. The van der Waals surface area contributed by atoms with E-state index in [1.165, 1.54) is 0 Å². The van der Waals surface area contributed by atoms with Crippen molar-refractivity contribution in [3.05, 3.63) is 28.6 Å². The number of hydrogen-bond acceptors (Lipinski definition) is 4. The molecule has 1 aliphatic rings. The van der Waals surface area contributed by atoms with Crippen LogP contribution in [-0.2, 0) is 4.74 Å². The third-order valence-corrected chi connectivity index (χ3v) is 4.91. The summed E-state index contributed by atoms with van der Waals surface area (Å²) < 4.78 is 13.7. The zero-order valence-corrected chi connectivity index (χ0v) is 16.7. The Morgan fingerprint density at radius 3 is 2.56 bits per heavy atom. The average molecular weight is 410 g/mol. The molecule has 1 saturated heterocycles. The molecule has 0 spiro atoms. The predicted octanol–water partition coefficient (Wildman–Crippen LogP) is 4.22. The number of halogens is 1. The quantitative estimate of drug-likeness (QED) is 0.744. The first-order valence-electron chi connectivity index (χ1n) is 8.47. The molecule has 2 aromatic heterocycles. The molecular weight excluding hydrogens is 386 g/mol. The number of likely N-dealkylation sites (tertiary alicyclic amines) is 1. The summed E-state index contributed by atoms with van der Waals surface area (Å²) in [5.41, 5.74) is 1.47. The molecule has 136 valence electrons. The van der Waals surface area contributed by atoms with Crippen LogP contribution in [0.4, 0.5) is 4.79 Å². The van der Waals surface area contributed by atoms with Gasteiger partial charge in [0, 0.05) is 37.5 Å². The van der Waals surface area contributed by atoms with E-state index in [9.17, 15) is 4.79 Å². The van der Waals surface area contributed by atoms with E-state index in [-0.39, 0.29) is 6.09 Å². The molecule has 0 aliphatic carbocycles. The molecule has 2 aromatic rings. The average Bonchev–Trinajstić information content (AvgIpc) is 2.95. The van der Waals surface area contributed by atoms with Gasteiger partial charge < -0.3 is 18.8 Å². The molecule has 3 heterocycles. The van der Waals surface area contributed by atoms with Gasteiger partial charge in [-0.25, -0.2) is 9.78 Å². The van der Waals surface area contributed by atoms with Crippen molar-refractivity contribution in [2.45, 2.75) is 45.1 Å². The first-order valence-corrected chi connectivity index (χ1v) is 9.26. The fourth-order valence-corrected chi connectivity index (χ4v) is 3.54. The van der Waals surface area contributed by atoms with Crippen molar-refractivity contribution in [2.75, 3.05) is 20.2 Å². The Bertz CT molecular complexity index is 774. The molecule has 0 N–H and O–H groups in total. The van der Waals surface area contributed by atoms with Gasteiger partial charge in [0.25, 0.3) is 0 Å². The third-order valence-electron chi connectivity index (χ3n) is 4.31. The van der Waals surface area contributed by atoms with Crippen LogP contribution in [0.1, 0.15) is 45.2 Å². The van der Waals surface area contributed by atoms with Gasteiger partial charge in [0.05, 0.1) is 17.3 Å². The number of hydrogen-bond donors (Lipinski definition) is 0. The topological polar surface area (TPSA) is 56.1 Å². The number of ether oxygens (including phenoxy) is 2. The highest BCUT2D eigenvalue weighted by Gasteiger charge is 2.28. The van der Waals surface area contributed by atoms with Crippen LogP contribution in [0.5, 0.6) is 5.75 Å². The zero-order valence-electron chi connectivity index (χ0n) is 15.1. The van der Waals surface area contributed by atoms with Crippen LogP contribution in [0.2, 0.25) is 0 Å². The summed E-state index contributed by atoms with van der Waals surface area (Å²) >= 11 is 3.50. The van der Waals surface area contributed by atoms with Crippen molar-refractivity contribution in [3.63, 3.8) is 0 Å². The number of amides is 1. The summed E-state index contributed by atoms with van der Waals surface area (Å²) in [6.45, 7) is 7.06. The molecule has 6 nitrogen and oxygen atoms in total. The van der Waals surface area contributed by atoms with Gasteiger partial charge in [0.1, 0.15) is 17.0 Å². The van der Waals surface area contributed by atoms with Gasteiger partial charge in [-0.05, 0) is 49.5 Å². The maximum absolute atomic E-state index is 12.2. The van der Waals surface area contributed by atoms with Crippen molar-refractivity contribution in [2.24, 2.45) is 0 Å². The minimum Gasteiger partial charge on any atom is -0.495 e. The van der Waals surface area contributed by atoms with E-state index in [1.54, 1.807) is 12.0 Å². The summed E-state index contributed by atoms with van der Waals surface area (Å²) in [7, 11) is 1.65. The highest BCUT2D eigenvalue weighted by Crippen LogP contribution is 2.31. The number of pyridine rings is 1. The minimum absolute atomic E-state index is 0.227. The number of rotatable bonds is 2. The molecule has 1 aliphatic heterocycles. The highest BCUT2D eigenvalue weighted by atomic mass is 79.9. The monoisotopic (exact) mass is 409 g/mol. The Labute approximate surface area is 156 Å². The van der Waals surface area contributed by atoms with Crippen molar-refractivity contribution in [1.82, 2.24) is 14.3 Å². The van der Waals surface area contributed by atoms with E-state index in [0.29, 0.717) is 19.0 Å². The molecule has 0 unspecified atom stereocenters. The van der Waals surface area contributed by atoms with Crippen molar-refractivity contribution >= 4 is 27.7 Å². The molecular formula is C18H24BrN3O3. The van der Waals surface area contributed by atoms with Crippen LogP contribution in [0.3, 0.4) is 0 Å². The lowest BCUT2D eigenvalue weighted by Gasteiger charge is -2.32. The highest BCUT2D eigenvalue weighted by molar-refractivity contribution is 9.10. The van der Waals surface area contributed by atoms with E-state index < -0.39 is 5.60 Å². The molecule has 1 amide bonds. The largest absolute Gasteiger partial charge is 0.495 e. The first-order chi connectivity index (χ1) is 11.8. The van der Waals surface area contributed by atoms with Gasteiger partial charge in [-0.3, -0.25) is 0 Å². The Kier molecular flexibility index (Phi) is 4.95. The number of nitrogens with zero attached hydrogens (tertiary/aromatic N) is 3. The Hall–Kier alpha value is -1.76. The number of fused-ring (bicyclic) bond motifs is 1. The summed E-state index contributed by atoms with van der Waals surface area (Å²) in [6.07, 6.45) is 5.58. The van der Waals surface area contributed by atoms with Gasteiger partial charge in [0.15, 0.2) is 0 Å². The predicted molar refractivity (Wildman–Crippen MR) is 99.2 cm³/mol. The second-order valence-electron chi connectivity index (χ2n) is 7.36. The third kappa shape index (κ3) is 4.08. The van der Waals surface area contributed by atoms with E-state index >= 15 is 0 Å². The summed E-state index contributed by atoms with van der Waals surface area (Å²) in [5, 5.41) is 0. The van der Waals surface area contributed by atoms with Crippen LogP contribution in [0.15, 0.2) is 22.9 Å². The van der Waals surface area contributed by atoms with Crippen molar-refractivity contribution in [3.8, 4) is 5.75 Å². The number of methoxy groups -OCH3 is 1. The SMILES string of the molecule is COc1cc2nc(C3CCN(C(=O)OC(C)(C)C)CC3)cn2cc1Br. The molecule has 0 atom stereocenters. The van der Waals surface area contributed by atoms with Gasteiger partial charge in [-0.15, -0.1) is 0 Å². The normalized spacial score (nSPS) is 16.3. The number of aromatic nitrogens is 2. The number of piperidine rings is 1. The summed E-state index contributed by atoms with van der Waals surface area (Å²) in [6, 6.07) is 1.92. The molecule has 1 fully saturated rings. The molecule has 7 heteroatoms. The fraction of sp³-hybridized carbons (Fsp3) is 0.556. The van der Waals surface area contributed by atoms with Gasteiger partial charge in [-0.1, -0.05) is 0 Å². The van der Waals surface area contributed by atoms with Crippen LogP contribution < -0.4 is 4.74 Å². The van der Waals surface area contributed by atoms with Gasteiger partial charge >= 0.3 is 6.09 Å². The number of carbonyl (C=O) groups excluding carboxylic acids is 1. The number of imidazole rings is 1. The molecule has 0 aromatic carbocycles. The van der Waals surface area contributed by atoms with Gasteiger partial charge in [-0.2, -0.15) is 0 Å². The second kappa shape index (κ2) is 6.86. The second-order valence-corrected chi connectivity index (χ2v) is 8.22. The van der Waals surface area contributed by atoms with Crippen LogP contribution >= 0.6 is 15.9 Å². The molecule has 25 heavy (non-hydrogen) atoms. The van der Waals surface area contributed by atoms with Crippen molar-refractivity contribution in [1.29, 1.82) is 0 Å². The van der Waals surface area contributed by atoms with E-state index in [4.69, 9.17) is 14.5 Å². The lowest BCUT2D eigenvalue weighted by molar-refractivity contribution is 0.0204. The molecule has 0 bridgehead atoms. The van der Waals surface area contributed by atoms with E-state index in [0.717, 1.165) is 34.4 Å². The van der Waals surface area contributed by atoms with Gasteiger partial charge in [0.2, 0.25) is 0 Å². The maximum Gasteiger partial charge on any atom is 0.410 e. The lowest BCUT2D eigenvalue weighted by Crippen LogP contribution is -2.41. The smallest absolute Gasteiger partial charge is 0.410 e. The summed E-state index contributed by atoms with van der Waals surface area (Å²) in [5.74, 6) is 1.12. The molecule has 0 saturated carbocycles. The lowest BCUT2D eigenvalue weighted by atomic mass is 9.94. The minimum atomic E-state index is -0.456. The first kappa shape index (κ1) is 18.0. The van der Waals surface area contributed by atoms with Crippen LogP contribution in [-0.4, -0.2) is 46.2 Å². The standard InChI is InChI=1S/C18H24BrN3O3/c1-18(2,3)25-17(23)21-7-5-12(6-8-21)14-11-22-10-13(19)15(24-4)9-16(22)20-14/h9-12H,5-8H2,1-4H3. The van der Waals surface area contributed by atoms with Crippen LogP contribution in [0.25, 0.3) is 5.65 Å². The van der Waals surface area contributed by atoms with E-state index in [2.05, 4.69) is 22.1 Å². The van der Waals surface area contributed by atoms with Crippen molar-refractivity contribution < 1.29 is 14.3 Å².